The number of aromatic nitrogens is 2. The van der Waals surface area contributed by atoms with E-state index in [0.29, 0.717) is 18.4 Å². The SMILES string of the molecule is O=C(CC[C@H]1CCCN(Cc2ncc[nH]2)C1)NC1CC1. The molecule has 1 aromatic heterocycles. The van der Waals surface area contributed by atoms with E-state index in [4.69, 9.17) is 0 Å². The Kier molecular flexibility index (Phi) is 4.35. The van der Waals surface area contributed by atoms with Crippen LogP contribution < -0.4 is 5.32 Å². The summed E-state index contributed by atoms with van der Waals surface area (Å²) >= 11 is 0. The van der Waals surface area contributed by atoms with Gasteiger partial charge >= 0.3 is 0 Å². The van der Waals surface area contributed by atoms with Crippen LogP contribution in [0, 0.1) is 5.92 Å². The van der Waals surface area contributed by atoms with Crippen LogP contribution in [0.15, 0.2) is 12.4 Å². The normalized spacial score (nSPS) is 23.7. The van der Waals surface area contributed by atoms with Crippen LogP contribution in [0.2, 0.25) is 0 Å². The van der Waals surface area contributed by atoms with Crippen molar-refractivity contribution >= 4 is 5.91 Å². The minimum absolute atomic E-state index is 0.246. The van der Waals surface area contributed by atoms with Gasteiger partial charge in [0.15, 0.2) is 0 Å². The van der Waals surface area contributed by atoms with Crippen LogP contribution in [0.1, 0.15) is 44.3 Å². The molecule has 1 aliphatic heterocycles. The molecule has 5 heteroatoms. The van der Waals surface area contributed by atoms with E-state index in [9.17, 15) is 4.79 Å². The number of hydrogen-bond acceptors (Lipinski definition) is 3. The van der Waals surface area contributed by atoms with E-state index < -0.39 is 0 Å². The van der Waals surface area contributed by atoms with Crippen LogP contribution in [0.25, 0.3) is 0 Å². The second kappa shape index (κ2) is 6.39. The smallest absolute Gasteiger partial charge is 0.220 e. The van der Waals surface area contributed by atoms with E-state index in [-0.39, 0.29) is 5.91 Å². The predicted octanol–water partition coefficient (Wildman–Crippen LogP) is 1.68. The number of nitrogens with one attached hydrogen (secondary N) is 2. The van der Waals surface area contributed by atoms with Gasteiger partial charge in [0, 0.05) is 31.4 Å². The number of nitrogens with zero attached hydrogens (tertiary/aromatic N) is 2. The van der Waals surface area contributed by atoms with Crippen molar-refractivity contribution in [3.05, 3.63) is 18.2 Å². The van der Waals surface area contributed by atoms with Gasteiger partial charge in [0.1, 0.15) is 5.82 Å². The fourth-order valence-electron chi connectivity index (χ4n) is 2.99. The molecule has 2 aliphatic rings. The first-order chi connectivity index (χ1) is 9.79. The molecule has 110 valence electrons. The first-order valence-electron chi connectivity index (χ1n) is 7.79. The summed E-state index contributed by atoms with van der Waals surface area (Å²) in [7, 11) is 0. The quantitative estimate of drug-likeness (QED) is 0.831. The summed E-state index contributed by atoms with van der Waals surface area (Å²) in [4.78, 5) is 21.6. The van der Waals surface area contributed by atoms with Crippen molar-refractivity contribution in [3.8, 4) is 0 Å². The highest BCUT2D eigenvalue weighted by Gasteiger charge is 2.25. The molecule has 5 nitrogen and oxygen atoms in total. The van der Waals surface area contributed by atoms with Gasteiger partial charge in [-0.05, 0) is 44.6 Å². The Bertz CT molecular complexity index is 427. The van der Waals surface area contributed by atoms with E-state index in [1.54, 1.807) is 6.20 Å². The second-order valence-electron chi connectivity index (χ2n) is 6.16. The molecule has 0 bridgehead atoms. The summed E-state index contributed by atoms with van der Waals surface area (Å²) < 4.78 is 0. The number of carbonyl (C=O) groups is 1. The molecular formula is C15H24N4O. The molecule has 1 amide bonds. The molecule has 1 aliphatic carbocycles. The maximum absolute atomic E-state index is 11.7. The summed E-state index contributed by atoms with van der Waals surface area (Å²) in [5.41, 5.74) is 0. The van der Waals surface area contributed by atoms with Crippen molar-refractivity contribution in [2.45, 2.75) is 51.1 Å². The van der Waals surface area contributed by atoms with Gasteiger partial charge in [-0.2, -0.15) is 0 Å². The summed E-state index contributed by atoms with van der Waals surface area (Å²) in [6.45, 7) is 3.14. The Morgan fingerprint density at radius 1 is 1.45 bits per heavy atom. The van der Waals surface area contributed by atoms with Crippen molar-refractivity contribution in [1.29, 1.82) is 0 Å². The number of aromatic amines is 1. The number of likely N-dealkylation sites (tertiary alicyclic amines) is 1. The highest BCUT2D eigenvalue weighted by atomic mass is 16.1. The van der Waals surface area contributed by atoms with Gasteiger partial charge in [0.05, 0.1) is 6.54 Å². The van der Waals surface area contributed by atoms with Gasteiger partial charge in [-0.3, -0.25) is 9.69 Å². The van der Waals surface area contributed by atoms with E-state index >= 15 is 0 Å². The molecule has 20 heavy (non-hydrogen) atoms. The first-order valence-corrected chi connectivity index (χ1v) is 7.79. The zero-order chi connectivity index (χ0) is 13.8. The minimum Gasteiger partial charge on any atom is -0.353 e. The van der Waals surface area contributed by atoms with Gasteiger partial charge in [-0.25, -0.2) is 4.98 Å². The Balaban J connectivity index is 1.39. The summed E-state index contributed by atoms with van der Waals surface area (Å²) in [6, 6.07) is 0.490. The summed E-state index contributed by atoms with van der Waals surface area (Å²) in [5.74, 6) is 1.94. The third-order valence-electron chi connectivity index (χ3n) is 4.25. The van der Waals surface area contributed by atoms with Crippen LogP contribution in [0.5, 0.6) is 0 Å². The number of hydrogen-bond donors (Lipinski definition) is 2. The van der Waals surface area contributed by atoms with Crippen molar-refractivity contribution in [3.63, 3.8) is 0 Å². The number of carbonyl (C=O) groups excluding carboxylic acids is 1. The van der Waals surface area contributed by atoms with Crippen molar-refractivity contribution in [1.82, 2.24) is 20.2 Å². The van der Waals surface area contributed by atoms with Gasteiger partial charge in [0.25, 0.3) is 0 Å². The monoisotopic (exact) mass is 276 g/mol. The Morgan fingerprint density at radius 2 is 2.35 bits per heavy atom. The molecule has 1 saturated heterocycles. The van der Waals surface area contributed by atoms with Gasteiger partial charge < -0.3 is 10.3 Å². The lowest BCUT2D eigenvalue weighted by Gasteiger charge is -2.32. The van der Waals surface area contributed by atoms with Crippen LogP contribution in [0.3, 0.4) is 0 Å². The number of amides is 1. The lowest BCUT2D eigenvalue weighted by molar-refractivity contribution is -0.121. The molecule has 3 rings (SSSR count). The first kappa shape index (κ1) is 13.6. The maximum Gasteiger partial charge on any atom is 0.220 e. The Morgan fingerprint density at radius 3 is 3.10 bits per heavy atom. The molecule has 2 N–H and O–H groups in total. The fraction of sp³-hybridized carbons (Fsp3) is 0.733. The second-order valence-corrected chi connectivity index (χ2v) is 6.16. The Labute approximate surface area is 120 Å². The third-order valence-corrected chi connectivity index (χ3v) is 4.25. The molecule has 0 unspecified atom stereocenters. The van der Waals surface area contributed by atoms with E-state index in [1.165, 1.54) is 25.7 Å². The standard InChI is InChI=1S/C15H24N4O/c20-15(18-13-4-5-13)6-3-12-2-1-9-19(10-12)11-14-16-7-8-17-14/h7-8,12-13H,1-6,9-11H2,(H,16,17)(H,18,20)/t12-/m1/s1. The average Bonchev–Trinajstić information content (AvgIpc) is 3.11. The molecule has 1 atom stereocenters. The lowest BCUT2D eigenvalue weighted by Crippen LogP contribution is -2.36. The van der Waals surface area contributed by atoms with Crippen LogP contribution in [-0.2, 0) is 11.3 Å². The van der Waals surface area contributed by atoms with Crippen molar-refractivity contribution in [2.24, 2.45) is 5.92 Å². The largest absolute Gasteiger partial charge is 0.353 e. The van der Waals surface area contributed by atoms with Gasteiger partial charge in [0.2, 0.25) is 5.91 Å². The summed E-state index contributed by atoms with van der Waals surface area (Å²) in [5, 5.41) is 3.07. The zero-order valence-corrected chi connectivity index (χ0v) is 12.0. The van der Waals surface area contributed by atoms with E-state index in [0.717, 1.165) is 31.9 Å². The molecule has 1 saturated carbocycles. The molecular weight excluding hydrogens is 252 g/mol. The molecule has 0 spiro atoms. The number of piperidine rings is 1. The molecule has 2 heterocycles. The summed E-state index contributed by atoms with van der Waals surface area (Å²) in [6.07, 6.45) is 10.2. The van der Waals surface area contributed by atoms with E-state index in [1.807, 2.05) is 6.20 Å². The molecule has 0 radical (unpaired) electrons. The fourth-order valence-corrected chi connectivity index (χ4v) is 2.99. The third kappa shape index (κ3) is 4.07. The number of rotatable bonds is 6. The minimum atomic E-state index is 0.246. The Hall–Kier alpha value is -1.36. The maximum atomic E-state index is 11.7. The lowest BCUT2D eigenvalue weighted by atomic mass is 9.93. The topological polar surface area (TPSA) is 61.0 Å². The zero-order valence-electron chi connectivity index (χ0n) is 12.0. The predicted molar refractivity (Wildman–Crippen MR) is 77.0 cm³/mol. The highest BCUT2D eigenvalue weighted by Crippen LogP contribution is 2.23. The average molecular weight is 276 g/mol. The number of H-pyrrole nitrogens is 1. The molecule has 1 aromatic rings. The van der Waals surface area contributed by atoms with Gasteiger partial charge in [-0.15, -0.1) is 0 Å². The van der Waals surface area contributed by atoms with Crippen LogP contribution in [-0.4, -0.2) is 39.9 Å². The molecule has 0 aromatic carbocycles. The molecule has 2 fully saturated rings. The van der Waals surface area contributed by atoms with Crippen molar-refractivity contribution < 1.29 is 4.79 Å². The highest BCUT2D eigenvalue weighted by molar-refractivity contribution is 5.76. The van der Waals surface area contributed by atoms with Crippen LogP contribution in [0.4, 0.5) is 0 Å². The van der Waals surface area contributed by atoms with Crippen LogP contribution >= 0.6 is 0 Å². The van der Waals surface area contributed by atoms with Gasteiger partial charge in [-0.1, -0.05) is 0 Å². The van der Waals surface area contributed by atoms with Crippen molar-refractivity contribution in [2.75, 3.05) is 13.1 Å². The number of imidazole rings is 1. The van der Waals surface area contributed by atoms with E-state index in [2.05, 4.69) is 20.2 Å².